The molecule has 3 nitrogen and oxygen atoms in total. The van der Waals surface area contributed by atoms with Gasteiger partial charge in [-0.3, -0.25) is 0 Å². The number of rotatable bonds is 4. The smallest absolute Gasteiger partial charge is 0.330 e. The second-order valence-electron chi connectivity index (χ2n) is 4.60. The lowest BCUT2D eigenvalue weighted by Crippen LogP contribution is -2.17. The van der Waals surface area contributed by atoms with Crippen LogP contribution in [0.25, 0.3) is 10.8 Å². The number of carboxylic acids is 1. The number of nitrogens with one attached hydrogen (secondary N) is 1. The van der Waals surface area contributed by atoms with Gasteiger partial charge >= 0.3 is 5.97 Å². The second kappa shape index (κ2) is 5.57. The average Bonchev–Trinajstić information content (AvgIpc) is 2.36. The summed E-state index contributed by atoms with van der Waals surface area (Å²) in [6.45, 7) is 3.79. The van der Waals surface area contributed by atoms with Crippen molar-refractivity contribution in [3.8, 4) is 0 Å². The van der Waals surface area contributed by atoms with Crippen molar-refractivity contribution in [2.24, 2.45) is 0 Å². The van der Waals surface area contributed by atoms with Crippen LogP contribution in [0, 0.1) is 0 Å². The van der Waals surface area contributed by atoms with Crippen LogP contribution < -0.4 is 5.32 Å². The molecule has 0 saturated heterocycles. The summed E-state index contributed by atoms with van der Waals surface area (Å²) in [6, 6.07) is 14.4. The van der Waals surface area contributed by atoms with E-state index in [2.05, 4.69) is 29.6 Å². The highest BCUT2D eigenvalue weighted by molar-refractivity contribution is 5.86. The molecule has 0 aliphatic carbocycles. The molecule has 2 rings (SSSR count). The molecule has 1 atom stereocenters. The first kappa shape index (κ1) is 13.1. The molecule has 2 N–H and O–H groups in total. The quantitative estimate of drug-likeness (QED) is 0.822. The molecule has 0 bridgehead atoms. The minimum Gasteiger partial charge on any atom is -0.478 e. The molecule has 2 aromatic carbocycles. The molecule has 0 heterocycles. The molecule has 1 unspecified atom stereocenters. The third-order valence-electron chi connectivity index (χ3n) is 3.07. The lowest BCUT2D eigenvalue weighted by Gasteiger charge is -2.17. The molecule has 3 heteroatoms. The highest BCUT2D eigenvalue weighted by Crippen LogP contribution is 2.24. The van der Waals surface area contributed by atoms with Crippen LogP contribution in [0.4, 0.5) is 0 Å². The van der Waals surface area contributed by atoms with Gasteiger partial charge in [0.1, 0.15) is 0 Å². The molecule has 0 spiro atoms. The molecule has 0 amide bonds. The summed E-state index contributed by atoms with van der Waals surface area (Å²) in [5.74, 6) is -0.935. The standard InChI is InChI=1S/C16H17NO2/c1-11(10-16(18)19)17-12(2)14-9-5-7-13-6-3-4-8-15(13)14/h3-10,12,17H,1-2H3,(H,18,19). The topological polar surface area (TPSA) is 49.3 Å². The highest BCUT2D eigenvalue weighted by atomic mass is 16.4. The summed E-state index contributed by atoms with van der Waals surface area (Å²) in [4.78, 5) is 10.6. The average molecular weight is 255 g/mol. The number of hydrogen-bond acceptors (Lipinski definition) is 2. The van der Waals surface area contributed by atoms with Crippen molar-refractivity contribution in [1.29, 1.82) is 0 Å². The van der Waals surface area contributed by atoms with Crippen molar-refractivity contribution < 1.29 is 9.90 Å². The molecule has 0 aliphatic heterocycles. The minimum atomic E-state index is -0.935. The van der Waals surface area contributed by atoms with Crippen molar-refractivity contribution in [3.05, 3.63) is 59.8 Å². The Morgan fingerprint density at radius 3 is 2.63 bits per heavy atom. The summed E-state index contributed by atoms with van der Waals surface area (Å²) in [5.41, 5.74) is 1.81. The molecule has 0 aliphatic rings. The van der Waals surface area contributed by atoms with Crippen LogP contribution in [-0.2, 0) is 4.79 Å². The van der Waals surface area contributed by atoms with E-state index in [0.29, 0.717) is 5.70 Å². The van der Waals surface area contributed by atoms with Crippen molar-refractivity contribution in [2.75, 3.05) is 0 Å². The zero-order valence-corrected chi connectivity index (χ0v) is 11.1. The maximum absolute atomic E-state index is 10.6. The van der Waals surface area contributed by atoms with E-state index in [1.165, 1.54) is 16.8 Å². The number of carboxylic acid groups (broad SMARTS) is 1. The van der Waals surface area contributed by atoms with Gasteiger partial charge in [0, 0.05) is 17.8 Å². The third-order valence-corrected chi connectivity index (χ3v) is 3.07. The van der Waals surface area contributed by atoms with Crippen LogP contribution in [0.1, 0.15) is 25.5 Å². The molecule has 98 valence electrons. The molecule has 0 saturated carbocycles. The number of aliphatic carboxylic acids is 1. The van der Waals surface area contributed by atoms with Gasteiger partial charge in [0.25, 0.3) is 0 Å². The summed E-state index contributed by atoms with van der Waals surface area (Å²) in [7, 11) is 0. The first-order chi connectivity index (χ1) is 9.08. The molecular formula is C16H17NO2. The van der Waals surface area contributed by atoms with E-state index in [9.17, 15) is 4.79 Å². The first-order valence-electron chi connectivity index (χ1n) is 6.23. The van der Waals surface area contributed by atoms with E-state index in [4.69, 9.17) is 5.11 Å². The zero-order chi connectivity index (χ0) is 13.8. The van der Waals surface area contributed by atoms with Crippen LogP contribution in [0.2, 0.25) is 0 Å². The monoisotopic (exact) mass is 255 g/mol. The van der Waals surface area contributed by atoms with Crippen LogP contribution in [0.5, 0.6) is 0 Å². The van der Waals surface area contributed by atoms with Crippen LogP contribution in [-0.4, -0.2) is 11.1 Å². The predicted octanol–water partition coefficient (Wildman–Crippen LogP) is 3.48. The van der Waals surface area contributed by atoms with E-state index in [1.807, 2.05) is 25.1 Å². The number of hydrogen-bond donors (Lipinski definition) is 2. The van der Waals surface area contributed by atoms with E-state index in [0.717, 1.165) is 5.56 Å². The maximum atomic E-state index is 10.6. The van der Waals surface area contributed by atoms with Crippen LogP contribution in [0.15, 0.2) is 54.2 Å². The molecule has 19 heavy (non-hydrogen) atoms. The highest BCUT2D eigenvalue weighted by Gasteiger charge is 2.09. The van der Waals surface area contributed by atoms with Gasteiger partial charge in [0.05, 0.1) is 0 Å². The Balaban J connectivity index is 2.31. The fourth-order valence-corrected chi connectivity index (χ4v) is 2.27. The van der Waals surface area contributed by atoms with Gasteiger partial charge in [-0.1, -0.05) is 42.5 Å². The van der Waals surface area contributed by atoms with Gasteiger partial charge in [-0.05, 0) is 30.2 Å². The largest absolute Gasteiger partial charge is 0.478 e. The summed E-state index contributed by atoms with van der Waals surface area (Å²) in [5, 5.41) is 14.3. The Bertz CT molecular complexity index is 626. The molecule has 0 aromatic heterocycles. The summed E-state index contributed by atoms with van der Waals surface area (Å²) < 4.78 is 0. The fraction of sp³-hybridized carbons (Fsp3) is 0.188. The number of benzene rings is 2. The number of carbonyl (C=O) groups is 1. The molecule has 2 aromatic rings. The lowest BCUT2D eigenvalue weighted by atomic mass is 9.99. The Kier molecular flexibility index (Phi) is 3.85. The maximum Gasteiger partial charge on any atom is 0.330 e. The van der Waals surface area contributed by atoms with Gasteiger partial charge in [0.15, 0.2) is 0 Å². The van der Waals surface area contributed by atoms with Crippen molar-refractivity contribution >= 4 is 16.7 Å². The molecule has 0 radical (unpaired) electrons. The Morgan fingerprint density at radius 2 is 1.89 bits per heavy atom. The van der Waals surface area contributed by atoms with Crippen LogP contribution in [0.3, 0.4) is 0 Å². The minimum absolute atomic E-state index is 0.0571. The lowest BCUT2D eigenvalue weighted by molar-refractivity contribution is -0.131. The van der Waals surface area contributed by atoms with E-state index in [-0.39, 0.29) is 6.04 Å². The Labute approximate surface area is 112 Å². The van der Waals surface area contributed by atoms with Gasteiger partial charge in [-0.25, -0.2) is 4.79 Å². The summed E-state index contributed by atoms with van der Waals surface area (Å²) in [6.07, 6.45) is 1.18. The number of fused-ring (bicyclic) bond motifs is 1. The van der Waals surface area contributed by atoms with E-state index < -0.39 is 5.97 Å². The fourth-order valence-electron chi connectivity index (χ4n) is 2.27. The normalized spacial score (nSPS) is 13.3. The summed E-state index contributed by atoms with van der Waals surface area (Å²) >= 11 is 0. The van der Waals surface area contributed by atoms with Crippen molar-refractivity contribution in [3.63, 3.8) is 0 Å². The van der Waals surface area contributed by atoms with Gasteiger partial charge < -0.3 is 10.4 Å². The van der Waals surface area contributed by atoms with Crippen molar-refractivity contribution in [2.45, 2.75) is 19.9 Å². The Hall–Kier alpha value is -2.29. The molecule has 0 fully saturated rings. The first-order valence-corrected chi connectivity index (χ1v) is 6.23. The van der Waals surface area contributed by atoms with Crippen LogP contribution >= 0.6 is 0 Å². The third kappa shape index (κ3) is 3.13. The SMILES string of the molecule is CC(=CC(=O)O)NC(C)c1cccc2ccccc12. The van der Waals surface area contributed by atoms with Crippen molar-refractivity contribution in [1.82, 2.24) is 5.32 Å². The second-order valence-corrected chi connectivity index (χ2v) is 4.60. The van der Waals surface area contributed by atoms with Gasteiger partial charge in [-0.2, -0.15) is 0 Å². The predicted molar refractivity (Wildman–Crippen MR) is 76.9 cm³/mol. The Morgan fingerprint density at radius 1 is 1.21 bits per heavy atom. The zero-order valence-electron chi connectivity index (χ0n) is 11.1. The van der Waals surface area contributed by atoms with Gasteiger partial charge in [-0.15, -0.1) is 0 Å². The van der Waals surface area contributed by atoms with Gasteiger partial charge in [0.2, 0.25) is 0 Å². The molecular weight excluding hydrogens is 238 g/mol. The van der Waals surface area contributed by atoms with E-state index >= 15 is 0 Å². The number of allylic oxidation sites excluding steroid dienone is 1. The van der Waals surface area contributed by atoms with E-state index in [1.54, 1.807) is 6.92 Å².